The SMILES string of the molecule is Nc1ccc2c(c1)CN(c1cc(Br)ccc1F)C2. The molecule has 2 aromatic rings. The molecule has 0 aliphatic carbocycles. The number of nitrogens with zero attached hydrogens (tertiary/aromatic N) is 1. The van der Waals surface area contributed by atoms with Gasteiger partial charge in [-0.05, 0) is 41.5 Å². The van der Waals surface area contributed by atoms with Crippen LogP contribution in [0.4, 0.5) is 15.8 Å². The average Bonchev–Trinajstić information content (AvgIpc) is 2.74. The quantitative estimate of drug-likeness (QED) is 0.814. The second kappa shape index (κ2) is 4.28. The van der Waals surface area contributed by atoms with Crippen molar-refractivity contribution in [1.82, 2.24) is 0 Å². The fraction of sp³-hybridized carbons (Fsp3) is 0.143. The van der Waals surface area contributed by atoms with Gasteiger partial charge in [-0.25, -0.2) is 4.39 Å². The smallest absolute Gasteiger partial charge is 0.146 e. The van der Waals surface area contributed by atoms with E-state index in [-0.39, 0.29) is 5.82 Å². The van der Waals surface area contributed by atoms with E-state index in [4.69, 9.17) is 5.73 Å². The second-order valence-corrected chi connectivity index (χ2v) is 5.40. The number of rotatable bonds is 1. The van der Waals surface area contributed by atoms with Crippen molar-refractivity contribution in [3.63, 3.8) is 0 Å². The van der Waals surface area contributed by atoms with Gasteiger partial charge >= 0.3 is 0 Å². The lowest BCUT2D eigenvalue weighted by Gasteiger charge is -2.18. The molecule has 0 spiro atoms. The monoisotopic (exact) mass is 306 g/mol. The first-order valence-electron chi connectivity index (χ1n) is 5.71. The topological polar surface area (TPSA) is 29.3 Å². The third kappa shape index (κ3) is 1.97. The lowest BCUT2D eigenvalue weighted by Crippen LogP contribution is -2.15. The molecule has 0 saturated carbocycles. The molecule has 0 atom stereocenters. The normalized spacial score (nSPS) is 13.8. The zero-order valence-electron chi connectivity index (χ0n) is 9.66. The van der Waals surface area contributed by atoms with Gasteiger partial charge < -0.3 is 10.6 Å². The molecule has 4 heteroatoms. The molecule has 0 amide bonds. The summed E-state index contributed by atoms with van der Waals surface area (Å²) >= 11 is 3.38. The molecule has 2 nitrogen and oxygen atoms in total. The van der Waals surface area contributed by atoms with E-state index < -0.39 is 0 Å². The zero-order chi connectivity index (χ0) is 12.7. The molecule has 0 radical (unpaired) electrons. The largest absolute Gasteiger partial charge is 0.399 e. The number of benzene rings is 2. The molecule has 1 aliphatic rings. The number of hydrogen-bond donors (Lipinski definition) is 1. The van der Waals surface area contributed by atoms with Gasteiger partial charge in [-0.2, -0.15) is 0 Å². The van der Waals surface area contributed by atoms with Gasteiger partial charge in [0.2, 0.25) is 0 Å². The van der Waals surface area contributed by atoms with Crippen LogP contribution in [-0.2, 0) is 13.1 Å². The Morgan fingerprint density at radius 3 is 2.67 bits per heavy atom. The molecule has 3 rings (SSSR count). The third-order valence-corrected chi connectivity index (χ3v) is 3.69. The highest BCUT2D eigenvalue weighted by Crippen LogP contribution is 2.32. The predicted octanol–water partition coefficient (Wildman–Crippen LogP) is 3.69. The standard InChI is InChI=1S/C14H12BrFN2/c15-11-2-4-13(16)14(6-11)18-7-9-1-3-12(17)5-10(9)8-18/h1-6H,7-8,17H2. The Morgan fingerprint density at radius 2 is 1.83 bits per heavy atom. The summed E-state index contributed by atoms with van der Waals surface area (Å²) in [4.78, 5) is 2.02. The Morgan fingerprint density at radius 1 is 1.06 bits per heavy atom. The Hall–Kier alpha value is -1.55. The number of halogens is 2. The van der Waals surface area contributed by atoms with E-state index in [1.165, 1.54) is 17.2 Å². The maximum Gasteiger partial charge on any atom is 0.146 e. The van der Waals surface area contributed by atoms with Crippen LogP contribution in [0.2, 0.25) is 0 Å². The molecule has 2 aromatic carbocycles. The fourth-order valence-corrected chi connectivity index (χ4v) is 2.66. The van der Waals surface area contributed by atoms with Crippen LogP contribution in [0.15, 0.2) is 40.9 Å². The van der Waals surface area contributed by atoms with Crippen molar-refractivity contribution < 1.29 is 4.39 Å². The fourth-order valence-electron chi connectivity index (χ4n) is 2.31. The average molecular weight is 307 g/mol. The molecule has 0 unspecified atom stereocenters. The van der Waals surface area contributed by atoms with Gasteiger partial charge in [0.25, 0.3) is 0 Å². The van der Waals surface area contributed by atoms with Crippen LogP contribution in [0.5, 0.6) is 0 Å². The molecule has 0 bridgehead atoms. The second-order valence-electron chi connectivity index (χ2n) is 4.48. The van der Waals surface area contributed by atoms with Crippen molar-refractivity contribution in [3.05, 3.63) is 57.8 Å². The molecule has 92 valence electrons. The van der Waals surface area contributed by atoms with Gasteiger partial charge in [0.1, 0.15) is 5.82 Å². The minimum atomic E-state index is -0.195. The van der Waals surface area contributed by atoms with E-state index >= 15 is 0 Å². The first-order chi connectivity index (χ1) is 8.63. The molecule has 0 aromatic heterocycles. The molecular weight excluding hydrogens is 295 g/mol. The Labute approximate surface area is 113 Å². The molecule has 1 aliphatic heterocycles. The van der Waals surface area contributed by atoms with Crippen molar-refractivity contribution in [3.8, 4) is 0 Å². The summed E-state index contributed by atoms with van der Waals surface area (Å²) in [5, 5.41) is 0. The maximum atomic E-state index is 13.8. The molecule has 2 N–H and O–H groups in total. The van der Waals surface area contributed by atoms with Crippen LogP contribution in [0.1, 0.15) is 11.1 Å². The summed E-state index contributed by atoms with van der Waals surface area (Å²) in [7, 11) is 0. The van der Waals surface area contributed by atoms with E-state index in [0.717, 1.165) is 16.7 Å². The predicted molar refractivity (Wildman–Crippen MR) is 74.8 cm³/mol. The molecule has 0 fully saturated rings. The summed E-state index contributed by atoms with van der Waals surface area (Å²) in [6.45, 7) is 1.43. The van der Waals surface area contributed by atoms with Crippen molar-refractivity contribution >= 4 is 27.3 Å². The van der Waals surface area contributed by atoms with Crippen molar-refractivity contribution in [1.29, 1.82) is 0 Å². The minimum Gasteiger partial charge on any atom is -0.399 e. The number of anilines is 2. The number of fused-ring (bicyclic) bond motifs is 1. The van der Waals surface area contributed by atoms with Crippen molar-refractivity contribution in [2.24, 2.45) is 0 Å². The third-order valence-electron chi connectivity index (χ3n) is 3.20. The highest BCUT2D eigenvalue weighted by Gasteiger charge is 2.21. The van der Waals surface area contributed by atoms with Crippen molar-refractivity contribution in [2.45, 2.75) is 13.1 Å². The van der Waals surface area contributed by atoms with Crippen molar-refractivity contribution in [2.75, 3.05) is 10.6 Å². The van der Waals surface area contributed by atoms with Crippen LogP contribution >= 0.6 is 15.9 Å². The molecule has 0 saturated heterocycles. The first kappa shape index (κ1) is 11.5. The van der Waals surface area contributed by atoms with Gasteiger partial charge in [0.05, 0.1) is 5.69 Å². The Balaban J connectivity index is 1.96. The summed E-state index contributed by atoms with van der Waals surface area (Å²) in [5.74, 6) is -0.195. The lowest BCUT2D eigenvalue weighted by atomic mass is 10.1. The summed E-state index contributed by atoms with van der Waals surface area (Å²) in [5.41, 5.74) is 9.54. The Bertz CT molecular complexity index is 613. The summed E-state index contributed by atoms with van der Waals surface area (Å²) in [6, 6.07) is 10.9. The zero-order valence-corrected chi connectivity index (χ0v) is 11.2. The summed E-state index contributed by atoms with van der Waals surface area (Å²) in [6.07, 6.45) is 0. The molecular formula is C14H12BrFN2. The minimum absolute atomic E-state index is 0.195. The maximum absolute atomic E-state index is 13.8. The van der Waals surface area contributed by atoms with Gasteiger partial charge in [-0.1, -0.05) is 22.0 Å². The van der Waals surface area contributed by atoms with E-state index in [9.17, 15) is 4.39 Å². The van der Waals surface area contributed by atoms with Gasteiger partial charge in [-0.15, -0.1) is 0 Å². The van der Waals surface area contributed by atoms with E-state index in [1.54, 1.807) is 6.07 Å². The van der Waals surface area contributed by atoms with Gasteiger partial charge in [0.15, 0.2) is 0 Å². The summed E-state index contributed by atoms with van der Waals surface area (Å²) < 4.78 is 14.7. The van der Waals surface area contributed by atoms with Crippen LogP contribution in [0.25, 0.3) is 0 Å². The van der Waals surface area contributed by atoms with E-state index in [0.29, 0.717) is 12.2 Å². The highest BCUT2D eigenvalue weighted by atomic mass is 79.9. The number of hydrogen-bond acceptors (Lipinski definition) is 2. The van der Waals surface area contributed by atoms with Crippen LogP contribution in [-0.4, -0.2) is 0 Å². The van der Waals surface area contributed by atoms with Crippen LogP contribution in [0, 0.1) is 5.82 Å². The number of nitrogen functional groups attached to an aromatic ring is 1. The highest BCUT2D eigenvalue weighted by molar-refractivity contribution is 9.10. The lowest BCUT2D eigenvalue weighted by molar-refractivity contribution is 0.619. The van der Waals surface area contributed by atoms with Crippen LogP contribution in [0.3, 0.4) is 0 Å². The first-order valence-corrected chi connectivity index (χ1v) is 6.50. The van der Waals surface area contributed by atoms with Crippen LogP contribution < -0.4 is 10.6 Å². The number of nitrogens with two attached hydrogens (primary N) is 1. The van der Waals surface area contributed by atoms with Gasteiger partial charge in [-0.3, -0.25) is 0 Å². The van der Waals surface area contributed by atoms with E-state index in [1.807, 2.05) is 29.2 Å². The Kier molecular flexibility index (Phi) is 2.74. The van der Waals surface area contributed by atoms with Gasteiger partial charge in [0, 0.05) is 23.2 Å². The molecule has 1 heterocycles. The molecule has 18 heavy (non-hydrogen) atoms. The van der Waals surface area contributed by atoms with E-state index in [2.05, 4.69) is 15.9 Å².